The summed E-state index contributed by atoms with van der Waals surface area (Å²) in [7, 11) is 0. The van der Waals surface area contributed by atoms with Crippen molar-refractivity contribution in [3.63, 3.8) is 0 Å². The van der Waals surface area contributed by atoms with Gasteiger partial charge in [0.2, 0.25) is 0 Å². The van der Waals surface area contributed by atoms with Gasteiger partial charge in [0.05, 0.1) is 29.8 Å². The molecule has 2 heterocycles. The van der Waals surface area contributed by atoms with Crippen LogP contribution in [0.25, 0.3) is 6.08 Å². The maximum absolute atomic E-state index is 15.0. The molecule has 3 atom stereocenters. The lowest BCUT2D eigenvalue weighted by molar-refractivity contribution is -0.145. The Bertz CT molecular complexity index is 1410. The molecule has 0 N–H and O–H groups in total. The van der Waals surface area contributed by atoms with Crippen molar-refractivity contribution in [2.45, 2.75) is 62.7 Å². The number of benzene rings is 2. The van der Waals surface area contributed by atoms with Gasteiger partial charge in [0.15, 0.2) is 11.2 Å². The van der Waals surface area contributed by atoms with E-state index >= 15 is 4.79 Å². The Balaban J connectivity index is 1.42. The van der Waals surface area contributed by atoms with Gasteiger partial charge in [0.1, 0.15) is 0 Å². The predicted octanol–water partition coefficient (Wildman–Crippen LogP) is 6.89. The topological polar surface area (TPSA) is 67.9 Å². The molecule has 6 aliphatic rings. The zero-order valence-electron chi connectivity index (χ0n) is 21.4. The van der Waals surface area contributed by atoms with Crippen molar-refractivity contribution in [2.24, 2.45) is 28.6 Å². The van der Waals surface area contributed by atoms with Crippen LogP contribution in [0.3, 0.4) is 0 Å². The molecule has 4 bridgehead atoms. The second-order valence-corrected chi connectivity index (χ2v) is 12.5. The number of anilines is 1. The van der Waals surface area contributed by atoms with Gasteiger partial charge in [-0.1, -0.05) is 42.5 Å². The van der Waals surface area contributed by atoms with Gasteiger partial charge < -0.3 is 4.90 Å². The van der Waals surface area contributed by atoms with Crippen LogP contribution in [0.15, 0.2) is 54.6 Å². The van der Waals surface area contributed by atoms with Gasteiger partial charge in [-0.25, -0.2) is 0 Å². The minimum Gasteiger partial charge on any atom is -0.351 e. The largest absolute Gasteiger partial charge is 0.416 e. The number of nitriles is 2. The quantitative estimate of drug-likeness (QED) is 0.436. The molecule has 4 aliphatic carbocycles. The zero-order chi connectivity index (χ0) is 27.2. The number of hydrogen-bond acceptors (Lipinski definition) is 4. The fourth-order valence-corrected chi connectivity index (χ4v) is 9.21. The third-order valence-corrected chi connectivity index (χ3v) is 10.3. The van der Waals surface area contributed by atoms with Crippen LogP contribution in [0.4, 0.5) is 18.9 Å². The molecule has 39 heavy (non-hydrogen) atoms. The first-order valence-electron chi connectivity index (χ1n) is 13.8. The van der Waals surface area contributed by atoms with E-state index in [1.54, 1.807) is 0 Å². The van der Waals surface area contributed by atoms with Crippen LogP contribution in [0.5, 0.6) is 0 Å². The minimum atomic E-state index is -4.51. The summed E-state index contributed by atoms with van der Waals surface area (Å²) < 4.78 is 40.3. The molecule has 3 unspecified atom stereocenters. The third kappa shape index (κ3) is 3.38. The molecular weight excluding hydrogens is 499 g/mol. The van der Waals surface area contributed by atoms with E-state index in [-0.39, 0.29) is 5.78 Å². The Kier molecular flexibility index (Phi) is 5.15. The van der Waals surface area contributed by atoms with Crippen molar-refractivity contribution in [2.75, 3.05) is 4.90 Å². The first kappa shape index (κ1) is 24.5. The summed E-state index contributed by atoms with van der Waals surface area (Å²) in [4.78, 5) is 17.0. The molecule has 2 aromatic carbocycles. The number of para-hydroxylation sites is 1. The van der Waals surface area contributed by atoms with Crippen LogP contribution in [-0.4, -0.2) is 17.9 Å². The Morgan fingerprint density at radius 3 is 2.05 bits per heavy atom. The molecule has 2 aromatic rings. The lowest BCUT2D eigenvalue weighted by Gasteiger charge is -2.57. The number of Topliss-reactive ketones (excluding diaryl/α,β-unsaturated/α-hetero) is 1. The van der Waals surface area contributed by atoms with Crippen LogP contribution in [0, 0.1) is 51.2 Å². The van der Waals surface area contributed by atoms with Crippen molar-refractivity contribution in [1.29, 1.82) is 10.5 Å². The number of carbonyl (C=O) groups excluding carboxylic acids is 1. The van der Waals surface area contributed by atoms with Gasteiger partial charge in [0, 0.05) is 17.0 Å². The number of hydrogen-bond donors (Lipinski definition) is 0. The summed E-state index contributed by atoms with van der Waals surface area (Å²) in [6.07, 6.45) is 5.19. The van der Waals surface area contributed by atoms with Gasteiger partial charge in [-0.15, -0.1) is 0 Å². The van der Waals surface area contributed by atoms with Crippen LogP contribution in [-0.2, 0) is 11.0 Å². The Morgan fingerprint density at radius 2 is 1.49 bits per heavy atom. The van der Waals surface area contributed by atoms with Gasteiger partial charge in [-0.05, 0) is 85.6 Å². The molecule has 8 rings (SSSR count). The highest BCUT2D eigenvalue weighted by atomic mass is 19.4. The van der Waals surface area contributed by atoms with Gasteiger partial charge in [0.25, 0.3) is 0 Å². The summed E-state index contributed by atoms with van der Waals surface area (Å²) in [6.45, 7) is 0. The summed E-state index contributed by atoms with van der Waals surface area (Å²) in [5.74, 6) is 0.733. The van der Waals surface area contributed by atoms with E-state index in [9.17, 15) is 23.7 Å². The van der Waals surface area contributed by atoms with Gasteiger partial charge in [-0.2, -0.15) is 23.7 Å². The number of carbonyl (C=O) groups is 1. The number of fused-ring (bicyclic) bond motifs is 3. The Hall–Kier alpha value is -3.58. The molecule has 0 spiro atoms. The average Bonchev–Trinajstić information content (AvgIpc) is 3.22. The lowest BCUT2D eigenvalue weighted by atomic mass is 9.47. The number of alkyl halides is 3. The van der Waals surface area contributed by atoms with E-state index in [1.165, 1.54) is 12.1 Å². The van der Waals surface area contributed by atoms with Crippen LogP contribution >= 0.6 is 0 Å². The standard InChI is InChI=1S/C32H28F3N3O/c33-32(34,35)24-8-5-23(6-9-24)27-28(29(39)30-14-19-11-20(15-30)13-21(12-19)16-30)38-25-4-2-1-3-22(25)7-10-26(38)31(27,17-36)18-37/h1-10,19-21,26-28H,11-16H2. The van der Waals surface area contributed by atoms with Crippen molar-refractivity contribution < 1.29 is 18.0 Å². The number of ketones is 1. The summed E-state index contributed by atoms with van der Waals surface area (Å²) in [5.41, 5.74) is -0.838. The first-order chi connectivity index (χ1) is 18.7. The van der Waals surface area contributed by atoms with Crippen LogP contribution in [0.2, 0.25) is 0 Å². The minimum absolute atomic E-state index is 0.0639. The fraction of sp³-hybridized carbons (Fsp3) is 0.469. The number of rotatable bonds is 3. The molecule has 2 aliphatic heterocycles. The van der Waals surface area contributed by atoms with Crippen LogP contribution < -0.4 is 4.90 Å². The van der Waals surface area contributed by atoms with E-state index < -0.39 is 40.6 Å². The molecule has 0 amide bonds. The van der Waals surface area contributed by atoms with Gasteiger partial charge in [-0.3, -0.25) is 4.79 Å². The molecule has 7 heteroatoms. The van der Waals surface area contributed by atoms with Crippen molar-refractivity contribution in [3.05, 3.63) is 71.3 Å². The second kappa shape index (κ2) is 8.21. The number of nitrogens with zero attached hydrogens (tertiary/aromatic N) is 3. The van der Waals surface area contributed by atoms with Gasteiger partial charge >= 0.3 is 6.18 Å². The van der Waals surface area contributed by atoms with E-state index in [2.05, 4.69) is 12.1 Å². The molecule has 198 valence electrons. The van der Waals surface area contributed by atoms with E-state index in [4.69, 9.17) is 0 Å². The highest BCUT2D eigenvalue weighted by molar-refractivity contribution is 5.97. The van der Waals surface area contributed by atoms with Crippen molar-refractivity contribution in [3.8, 4) is 12.1 Å². The SMILES string of the molecule is N#CC1(C#N)C(c2ccc(C(F)(F)F)cc2)C(C(=O)C23CC4CC(CC(C4)C2)C3)N2c3ccccc3C=CC21. The molecule has 4 nitrogen and oxygen atoms in total. The maximum Gasteiger partial charge on any atom is 0.416 e. The summed E-state index contributed by atoms with van der Waals surface area (Å²) in [6, 6.07) is 15.4. The lowest BCUT2D eigenvalue weighted by Crippen LogP contribution is -2.56. The maximum atomic E-state index is 15.0. The highest BCUT2D eigenvalue weighted by Gasteiger charge is 2.67. The monoisotopic (exact) mass is 527 g/mol. The molecule has 0 aromatic heterocycles. The van der Waals surface area contributed by atoms with Crippen LogP contribution in [0.1, 0.15) is 61.1 Å². The molecule has 1 saturated heterocycles. The van der Waals surface area contributed by atoms with E-state index in [1.807, 2.05) is 41.3 Å². The molecule has 5 fully saturated rings. The predicted molar refractivity (Wildman–Crippen MR) is 139 cm³/mol. The highest BCUT2D eigenvalue weighted by Crippen LogP contribution is 2.63. The Morgan fingerprint density at radius 1 is 0.897 bits per heavy atom. The first-order valence-corrected chi connectivity index (χ1v) is 13.8. The van der Waals surface area contributed by atoms with E-state index in [0.29, 0.717) is 23.3 Å². The summed E-state index contributed by atoms with van der Waals surface area (Å²) in [5, 5.41) is 21.3. The van der Waals surface area contributed by atoms with Crippen molar-refractivity contribution in [1.82, 2.24) is 0 Å². The van der Waals surface area contributed by atoms with Crippen molar-refractivity contribution >= 4 is 17.5 Å². The molecule has 0 radical (unpaired) electrons. The summed E-state index contributed by atoms with van der Waals surface area (Å²) >= 11 is 0. The normalized spacial score (nSPS) is 35.2. The zero-order valence-corrected chi connectivity index (χ0v) is 21.4. The molecule has 4 saturated carbocycles. The van der Waals surface area contributed by atoms with E-state index in [0.717, 1.165) is 61.9 Å². The molecular formula is C32H28F3N3O. The average molecular weight is 528 g/mol. The second-order valence-electron chi connectivity index (χ2n) is 12.5. The third-order valence-electron chi connectivity index (χ3n) is 10.3. The fourth-order valence-electron chi connectivity index (χ4n) is 9.21. The smallest absolute Gasteiger partial charge is 0.351 e. The number of halogens is 3. The Labute approximate surface area is 225 Å².